The number of aliphatic hydroxyl groups is 2. The SMILES string of the molecule is CCC#C[C@@]1(O)[C@H](O)[C@@H](COP(=S)(N[C@@H](C)C(=O)OC(C)C)Oc2ccccc2)O[C@H]1N1C=CC(=O)CC1=O. The molecule has 11 nitrogen and oxygen atoms in total. The Hall–Kier alpha value is -2.62. The van der Waals surface area contributed by atoms with Gasteiger partial charge in [0.1, 0.15) is 24.0 Å². The summed E-state index contributed by atoms with van der Waals surface area (Å²) in [5.74, 6) is 4.13. The Bertz CT molecular complexity index is 1200. The quantitative estimate of drug-likeness (QED) is 0.161. The Kier molecular flexibility index (Phi) is 10.4. The molecule has 1 fully saturated rings. The summed E-state index contributed by atoms with van der Waals surface area (Å²) in [5, 5.41) is 25.4. The van der Waals surface area contributed by atoms with E-state index in [9.17, 15) is 24.6 Å². The van der Waals surface area contributed by atoms with Crippen LogP contribution in [0.1, 0.15) is 40.5 Å². The van der Waals surface area contributed by atoms with Gasteiger partial charge in [0.05, 0.1) is 19.1 Å². The van der Waals surface area contributed by atoms with Crippen molar-refractivity contribution >= 4 is 36.1 Å². The summed E-state index contributed by atoms with van der Waals surface area (Å²) >= 11 is 5.69. The summed E-state index contributed by atoms with van der Waals surface area (Å²) in [5.41, 5.74) is -2.19. The van der Waals surface area contributed by atoms with Gasteiger partial charge in [-0.05, 0) is 50.8 Å². The van der Waals surface area contributed by atoms with E-state index in [1.165, 1.54) is 12.3 Å². The topological polar surface area (TPSA) is 144 Å². The van der Waals surface area contributed by atoms with Gasteiger partial charge in [-0.15, -0.1) is 5.92 Å². The van der Waals surface area contributed by atoms with Gasteiger partial charge in [-0.2, -0.15) is 0 Å². The minimum Gasteiger partial charge on any atom is -0.462 e. The maximum atomic E-state index is 12.6. The van der Waals surface area contributed by atoms with Crippen LogP contribution < -0.4 is 9.61 Å². The van der Waals surface area contributed by atoms with Crippen LogP contribution in [0.4, 0.5) is 0 Å². The molecule has 3 rings (SSSR count). The number of nitrogens with zero attached hydrogens (tertiary/aromatic N) is 1. The van der Waals surface area contributed by atoms with Crippen molar-refractivity contribution in [1.29, 1.82) is 0 Å². The monoisotopic (exact) mass is 580 g/mol. The molecule has 0 aromatic heterocycles. The molecule has 0 bridgehead atoms. The highest BCUT2D eigenvalue weighted by molar-refractivity contribution is 8.09. The number of allylic oxidation sites excluding steroid dienone is 1. The summed E-state index contributed by atoms with van der Waals surface area (Å²) in [7, 11) is 0. The highest BCUT2D eigenvalue weighted by Gasteiger charge is 2.58. The number of nitrogens with one attached hydrogen (secondary N) is 1. The third-order valence-electron chi connectivity index (χ3n) is 5.67. The van der Waals surface area contributed by atoms with Gasteiger partial charge in [0.25, 0.3) is 0 Å². The second kappa shape index (κ2) is 13.2. The number of para-hydroxylation sites is 1. The standard InChI is InChI=1S/C26H33N2O9PS/c1-5-6-13-26(33)23(31)21(36-25(26)28-14-12-19(29)15-22(28)30)16-34-38(39,37-20-10-8-7-9-11-20)27-18(4)24(32)35-17(2)3/h7-12,14,17-18,21,23,25,31,33H,5,15-16H2,1-4H3,(H,27,39)/t18-,21+,23+,25+,26+,38?/m0/s1. The molecule has 1 aromatic carbocycles. The van der Waals surface area contributed by atoms with Crippen molar-refractivity contribution in [3.05, 3.63) is 42.6 Å². The van der Waals surface area contributed by atoms with E-state index < -0.39 is 60.8 Å². The highest BCUT2D eigenvalue weighted by atomic mass is 32.5. The Morgan fingerprint density at radius 2 is 2.00 bits per heavy atom. The first-order chi connectivity index (χ1) is 18.4. The van der Waals surface area contributed by atoms with E-state index in [4.69, 9.17) is 30.3 Å². The van der Waals surface area contributed by atoms with Gasteiger partial charge < -0.3 is 28.7 Å². The van der Waals surface area contributed by atoms with Crippen LogP contribution in [-0.2, 0) is 40.2 Å². The van der Waals surface area contributed by atoms with Crippen LogP contribution in [0.25, 0.3) is 0 Å². The Morgan fingerprint density at radius 1 is 1.31 bits per heavy atom. The fraction of sp³-hybridized carbons (Fsp3) is 0.500. The second-order valence-corrected chi connectivity index (χ2v) is 12.4. The van der Waals surface area contributed by atoms with E-state index in [1.54, 1.807) is 58.0 Å². The van der Waals surface area contributed by atoms with E-state index >= 15 is 0 Å². The van der Waals surface area contributed by atoms with Gasteiger partial charge in [-0.1, -0.05) is 31.0 Å². The highest BCUT2D eigenvalue weighted by Crippen LogP contribution is 2.46. The molecule has 1 aromatic rings. The van der Waals surface area contributed by atoms with Crippen LogP contribution >= 0.6 is 6.64 Å². The van der Waals surface area contributed by atoms with Crippen LogP contribution in [0.15, 0.2) is 42.6 Å². The van der Waals surface area contributed by atoms with Gasteiger partial charge in [0.15, 0.2) is 17.6 Å². The molecule has 0 spiro atoms. The lowest BCUT2D eigenvalue weighted by molar-refractivity contribution is -0.153. The lowest BCUT2D eigenvalue weighted by Gasteiger charge is -2.33. The average molecular weight is 581 g/mol. The van der Waals surface area contributed by atoms with Crippen LogP contribution in [0.5, 0.6) is 5.75 Å². The molecule has 2 aliphatic heterocycles. The Morgan fingerprint density at radius 3 is 2.62 bits per heavy atom. The number of carbonyl (C=O) groups is 3. The summed E-state index contributed by atoms with van der Waals surface area (Å²) in [6.07, 6.45) is -2.26. The van der Waals surface area contributed by atoms with E-state index in [0.717, 1.165) is 4.90 Å². The first-order valence-electron chi connectivity index (χ1n) is 12.4. The fourth-order valence-corrected chi connectivity index (χ4v) is 6.22. The number of benzene rings is 1. The molecule has 3 N–H and O–H groups in total. The summed E-state index contributed by atoms with van der Waals surface area (Å²) in [6.45, 7) is 2.88. The molecule has 1 amide bonds. The number of ketones is 1. The molecule has 2 heterocycles. The number of hydrogen-bond acceptors (Lipinski definition) is 10. The number of amides is 1. The zero-order chi connectivity index (χ0) is 28.8. The number of carbonyl (C=O) groups excluding carboxylic acids is 3. The summed E-state index contributed by atoms with van der Waals surface area (Å²) < 4.78 is 23.1. The van der Waals surface area contributed by atoms with Crippen molar-refractivity contribution in [3.63, 3.8) is 0 Å². The zero-order valence-corrected chi connectivity index (χ0v) is 23.8. The van der Waals surface area contributed by atoms with E-state index in [1.807, 2.05) is 0 Å². The number of esters is 1. The predicted octanol–water partition coefficient (Wildman–Crippen LogP) is 1.78. The van der Waals surface area contributed by atoms with Crippen LogP contribution in [0, 0.1) is 11.8 Å². The van der Waals surface area contributed by atoms with Gasteiger partial charge in [-0.3, -0.25) is 19.3 Å². The molecule has 2 aliphatic rings. The van der Waals surface area contributed by atoms with Crippen LogP contribution in [0.3, 0.4) is 0 Å². The van der Waals surface area contributed by atoms with Gasteiger partial charge in [-0.25, -0.2) is 5.09 Å². The Labute approximate surface area is 232 Å². The maximum Gasteiger partial charge on any atom is 0.323 e. The maximum absolute atomic E-state index is 12.6. The van der Waals surface area contributed by atoms with Crippen LogP contribution in [-0.4, -0.2) is 75.6 Å². The van der Waals surface area contributed by atoms with Gasteiger partial charge in [0, 0.05) is 12.6 Å². The molecule has 1 saturated heterocycles. The third-order valence-corrected chi connectivity index (χ3v) is 8.17. The summed E-state index contributed by atoms with van der Waals surface area (Å²) in [4.78, 5) is 37.7. The van der Waals surface area contributed by atoms with Crippen molar-refractivity contribution < 1.29 is 43.1 Å². The van der Waals surface area contributed by atoms with E-state index in [2.05, 4.69) is 16.9 Å². The molecule has 0 radical (unpaired) electrons. The minimum absolute atomic E-state index is 0.349. The molecule has 6 atom stereocenters. The third kappa shape index (κ3) is 7.74. The zero-order valence-electron chi connectivity index (χ0n) is 22.1. The lowest BCUT2D eigenvalue weighted by Crippen LogP contribution is -2.55. The molecule has 13 heteroatoms. The smallest absolute Gasteiger partial charge is 0.323 e. The van der Waals surface area contributed by atoms with Crippen molar-refractivity contribution in [1.82, 2.24) is 9.99 Å². The first kappa shape index (κ1) is 30.9. The van der Waals surface area contributed by atoms with Gasteiger partial charge >= 0.3 is 12.6 Å². The van der Waals surface area contributed by atoms with Crippen molar-refractivity contribution in [2.75, 3.05) is 6.61 Å². The van der Waals surface area contributed by atoms with E-state index in [0.29, 0.717) is 12.2 Å². The van der Waals surface area contributed by atoms with Crippen molar-refractivity contribution in [3.8, 4) is 17.6 Å². The molecular weight excluding hydrogens is 547 g/mol. The molecule has 39 heavy (non-hydrogen) atoms. The minimum atomic E-state index is -3.47. The number of ether oxygens (including phenoxy) is 2. The predicted molar refractivity (Wildman–Crippen MR) is 144 cm³/mol. The molecule has 0 saturated carbocycles. The second-order valence-electron chi connectivity index (χ2n) is 9.25. The first-order valence-corrected chi connectivity index (χ1v) is 15.1. The van der Waals surface area contributed by atoms with Crippen LogP contribution in [0.2, 0.25) is 0 Å². The largest absolute Gasteiger partial charge is 0.462 e. The molecular formula is C26H33N2O9PS. The normalized spacial score (nSPS) is 27.1. The Balaban J connectivity index is 1.84. The lowest BCUT2D eigenvalue weighted by atomic mass is 9.93. The van der Waals surface area contributed by atoms with Crippen molar-refractivity contribution in [2.45, 2.75) is 76.7 Å². The molecule has 1 unspecified atom stereocenters. The summed E-state index contributed by atoms with van der Waals surface area (Å²) in [6, 6.07) is 7.69. The number of hydrogen-bond donors (Lipinski definition) is 3. The van der Waals surface area contributed by atoms with Gasteiger partial charge in [0.2, 0.25) is 5.91 Å². The number of rotatable bonds is 10. The number of aliphatic hydroxyl groups excluding tert-OH is 1. The van der Waals surface area contributed by atoms with Crippen molar-refractivity contribution in [2.24, 2.45) is 0 Å². The molecule has 212 valence electrons. The molecule has 0 aliphatic carbocycles. The fourth-order valence-electron chi connectivity index (χ4n) is 3.81. The van der Waals surface area contributed by atoms with E-state index in [-0.39, 0.29) is 12.7 Å². The average Bonchev–Trinajstić information content (AvgIpc) is 3.11.